The Hall–Kier alpha value is -0.900. The van der Waals surface area contributed by atoms with Crippen molar-refractivity contribution in [2.45, 2.75) is 51.6 Å². The molecule has 3 N–H and O–H groups in total. The predicted octanol–water partition coefficient (Wildman–Crippen LogP) is 2.95. The van der Waals surface area contributed by atoms with Crippen LogP contribution in [-0.4, -0.2) is 35.7 Å². The summed E-state index contributed by atoms with van der Waals surface area (Å²) in [6, 6.07) is 10.7. The first-order valence-electron chi connectivity index (χ1n) is 8.20. The average Bonchev–Trinajstić information content (AvgIpc) is 2.71. The molecule has 3 heteroatoms. The van der Waals surface area contributed by atoms with Crippen LogP contribution in [0.25, 0.3) is 0 Å². The summed E-state index contributed by atoms with van der Waals surface area (Å²) in [5.41, 5.74) is 7.70. The summed E-state index contributed by atoms with van der Waals surface area (Å²) in [5.74, 6) is 0. The van der Waals surface area contributed by atoms with Crippen LogP contribution < -0.4 is 5.73 Å². The molecular weight excluding hydrogens is 260 g/mol. The second-order valence-corrected chi connectivity index (χ2v) is 7.03. The third-order valence-corrected chi connectivity index (χ3v) is 4.82. The van der Waals surface area contributed by atoms with Gasteiger partial charge in [0.25, 0.3) is 0 Å². The summed E-state index contributed by atoms with van der Waals surface area (Å²) in [5, 5.41) is 9.67. The van der Waals surface area contributed by atoms with Gasteiger partial charge < -0.3 is 10.8 Å². The van der Waals surface area contributed by atoms with Crippen molar-refractivity contribution in [1.29, 1.82) is 0 Å². The molecule has 0 bridgehead atoms. The molecule has 3 nitrogen and oxygen atoms in total. The minimum absolute atomic E-state index is 0.0148. The highest BCUT2D eigenvalue weighted by molar-refractivity contribution is 5.20. The van der Waals surface area contributed by atoms with E-state index in [9.17, 15) is 5.11 Å². The first-order chi connectivity index (χ1) is 10.0. The number of aliphatic hydroxyl groups excluding tert-OH is 1. The molecule has 118 valence electrons. The van der Waals surface area contributed by atoms with Crippen LogP contribution in [0.15, 0.2) is 30.3 Å². The first kappa shape index (κ1) is 16.5. The van der Waals surface area contributed by atoms with Gasteiger partial charge in [0.1, 0.15) is 0 Å². The molecule has 1 heterocycles. The van der Waals surface area contributed by atoms with E-state index in [-0.39, 0.29) is 18.1 Å². The minimum Gasteiger partial charge on any atom is -0.395 e. The second-order valence-electron chi connectivity index (χ2n) is 7.03. The lowest BCUT2D eigenvalue weighted by atomic mass is 9.80. The quantitative estimate of drug-likeness (QED) is 0.876. The van der Waals surface area contributed by atoms with E-state index in [0.717, 1.165) is 19.5 Å². The Bertz CT molecular complexity index is 418. The highest BCUT2D eigenvalue weighted by Gasteiger charge is 2.32. The average molecular weight is 290 g/mol. The number of rotatable bonds is 5. The maximum absolute atomic E-state index is 9.67. The molecule has 1 aromatic carbocycles. The Morgan fingerprint density at radius 3 is 2.62 bits per heavy atom. The van der Waals surface area contributed by atoms with Crippen LogP contribution in [0.3, 0.4) is 0 Å². The lowest BCUT2D eigenvalue weighted by molar-refractivity contribution is 0.0763. The molecule has 2 atom stereocenters. The normalized spacial score (nSPS) is 22.8. The van der Waals surface area contributed by atoms with Gasteiger partial charge in [-0.2, -0.15) is 0 Å². The van der Waals surface area contributed by atoms with Gasteiger partial charge in [0.2, 0.25) is 0 Å². The standard InChI is InChI=1S/C18H30N2O/c1-18(2,17(19)15-9-5-3-6-10-15)14-20-12-8-4-7-11-16(20)13-21/h3,5-6,9-10,16-17,21H,4,7-8,11-14,19H2,1-2H3. The molecule has 1 aliphatic rings. The largest absolute Gasteiger partial charge is 0.395 e. The van der Waals surface area contributed by atoms with Gasteiger partial charge in [0, 0.05) is 18.6 Å². The SMILES string of the molecule is CC(C)(CN1CCCCCC1CO)C(N)c1ccccc1. The van der Waals surface area contributed by atoms with E-state index in [2.05, 4.69) is 30.9 Å². The zero-order valence-electron chi connectivity index (χ0n) is 13.5. The number of hydrogen-bond donors (Lipinski definition) is 2. The molecule has 0 aromatic heterocycles. The van der Waals surface area contributed by atoms with Crippen molar-refractivity contribution >= 4 is 0 Å². The number of likely N-dealkylation sites (tertiary alicyclic amines) is 1. The maximum atomic E-state index is 9.67. The molecule has 2 unspecified atom stereocenters. The van der Waals surface area contributed by atoms with E-state index in [1.165, 1.54) is 24.8 Å². The van der Waals surface area contributed by atoms with Crippen molar-refractivity contribution in [3.63, 3.8) is 0 Å². The van der Waals surface area contributed by atoms with E-state index in [0.29, 0.717) is 6.04 Å². The molecule has 21 heavy (non-hydrogen) atoms. The highest BCUT2D eigenvalue weighted by atomic mass is 16.3. The summed E-state index contributed by atoms with van der Waals surface area (Å²) in [7, 11) is 0. The minimum atomic E-state index is -0.0148. The summed E-state index contributed by atoms with van der Waals surface area (Å²) >= 11 is 0. The van der Waals surface area contributed by atoms with E-state index in [1.54, 1.807) is 0 Å². The van der Waals surface area contributed by atoms with Crippen LogP contribution >= 0.6 is 0 Å². The van der Waals surface area contributed by atoms with Gasteiger partial charge in [-0.25, -0.2) is 0 Å². The van der Waals surface area contributed by atoms with E-state index < -0.39 is 0 Å². The Kier molecular flexibility index (Phi) is 5.80. The smallest absolute Gasteiger partial charge is 0.0586 e. The lowest BCUT2D eigenvalue weighted by Gasteiger charge is -2.39. The number of nitrogens with zero attached hydrogens (tertiary/aromatic N) is 1. The van der Waals surface area contributed by atoms with E-state index in [1.807, 2.05) is 18.2 Å². The summed E-state index contributed by atoms with van der Waals surface area (Å²) in [6.07, 6.45) is 4.84. The van der Waals surface area contributed by atoms with Crippen LogP contribution in [0.1, 0.15) is 51.1 Å². The van der Waals surface area contributed by atoms with Crippen LogP contribution in [-0.2, 0) is 0 Å². The molecule has 1 fully saturated rings. The van der Waals surface area contributed by atoms with Crippen LogP contribution in [0.4, 0.5) is 0 Å². The number of aliphatic hydroxyl groups is 1. The maximum Gasteiger partial charge on any atom is 0.0586 e. The Balaban J connectivity index is 2.07. The second kappa shape index (κ2) is 7.39. The van der Waals surface area contributed by atoms with Gasteiger partial charge >= 0.3 is 0 Å². The molecule has 0 aliphatic carbocycles. The topological polar surface area (TPSA) is 49.5 Å². The highest BCUT2D eigenvalue weighted by Crippen LogP contribution is 2.33. The van der Waals surface area contributed by atoms with Gasteiger partial charge in [-0.1, -0.05) is 57.0 Å². The van der Waals surface area contributed by atoms with Gasteiger partial charge in [-0.15, -0.1) is 0 Å². The molecule has 2 rings (SSSR count). The van der Waals surface area contributed by atoms with Crippen molar-refractivity contribution < 1.29 is 5.11 Å². The van der Waals surface area contributed by atoms with Gasteiger partial charge in [0.15, 0.2) is 0 Å². The Morgan fingerprint density at radius 1 is 1.24 bits per heavy atom. The molecule has 1 saturated heterocycles. The lowest BCUT2D eigenvalue weighted by Crippen LogP contribution is -2.46. The predicted molar refractivity (Wildman–Crippen MR) is 88.1 cm³/mol. The monoisotopic (exact) mass is 290 g/mol. The number of nitrogens with two attached hydrogens (primary N) is 1. The van der Waals surface area contributed by atoms with Crippen LogP contribution in [0.5, 0.6) is 0 Å². The molecule has 1 aliphatic heterocycles. The zero-order chi connectivity index (χ0) is 15.3. The van der Waals surface area contributed by atoms with Crippen LogP contribution in [0, 0.1) is 5.41 Å². The number of hydrogen-bond acceptors (Lipinski definition) is 3. The van der Waals surface area contributed by atoms with Crippen molar-refractivity contribution in [3.8, 4) is 0 Å². The van der Waals surface area contributed by atoms with E-state index in [4.69, 9.17) is 5.73 Å². The summed E-state index contributed by atoms with van der Waals surface area (Å²) in [6.45, 7) is 6.76. The molecule has 0 amide bonds. The molecule has 0 spiro atoms. The van der Waals surface area contributed by atoms with Gasteiger partial charge in [-0.3, -0.25) is 4.90 Å². The van der Waals surface area contributed by atoms with Crippen molar-refractivity contribution in [1.82, 2.24) is 4.90 Å². The third kappa shape index (κ3) is 4.29. The Morgan fingerprint density at radius 2 is 1.95 bits per heavy atom. The van der Waals surface area contributed by atoms with Crippen LogP contribution in [0.2, 0.25) is 0 Å². The number of benzene rings is 1. The molecule has 0 radical (unpaired) electrons. The molecule has 1 aromatic rings. The molecule has 0 saturated carbocycles. The Labute approximate surface area is 129 Å². The fourth-order valence-electron chi connectivity index (χ4n) is 3.39. The van der Waals surface area contributed by atoms with Crippen molar-refractivity contribution in [3.05, 3.63) is 35.9 Å². The van der Waals surface area contributed by atoms with Crippen molar-refractivity contribution in [2.24, 2.45) is 11.1 Å². The summed E-state index contributed by atoms with van der Waals surface area (Å²) in [4.78, 5) is 2.45. The fraction of sp³-hybridized carbons (Fsp3) is 0.667. The first-order valence-corrected chi connectivity index (χ1v) is 8.20. The third-order valence-electron chi connectivity index (χ3n) is 4.82. The molecular formula is C18H30N2O. The van der Waals surface area contributed by atoms with Gasteiger partial charge in [0.05, 0.1) is 6.61 Å². The van der Waals surface area contributed by atoms with E-state index >= 15 is 0 Å². The summed E-state index contributed by atoms with van der Waals surface area (Å²) < 4.78 is 0. The van der Waals surface area contributed by atoms with Gasteiger partial charge in [-0.05, 0) is 30.4 Å². The zero-order valence-corrected chi connectivity index (χ0v) is 13.5. The van der Waals surface area contributed by atoms with Crippen molar-refractivity contribution in [2.75, 3.05) is 19.7 Å². The fourth-order valence-corrected chi connectivity index (χ4v) is 3.39.